The molecule has 3 aromatic rings. The standard InChI is InChI=1S/C14H14N4O/c1-8(2)12-17-11(14(19)18-12)6-9-7-16-13-10(9)4-3-5-15-13/h3-7,17H,1-2H3,(H,15,16)(H,18,19)/b11-6-. The van der Waals surface area contributed by atoms with Gasteiger partial charge in [0.15, 0.2) is 0 Å². The van der Waals surface area contributed by atoms with E-state index in [2.05, 4.69) is 19.9 Å². The zero-order chi connectivity index (χ0) is 13.4. The zero-order valence-electron chi connectivity index (χ0n) is 10.7. The maximum atomic E-state index is 11.8. The number of H-pyrrole nitrogens is 3. The van der Waals surface area contributed by atoms with Crippen molar-refractivity contribution in [2.75, 3.05) is 0 Å². The van der Waals surface area contributed by atoms with Crippen LogP contribution in [0.2, 0.25) is 0 Å². The summed E-state index contributed by atoms with van der Waals surface area (Å²) in [5, 5.41) is 1.54. The lowest BCUT2D eigenvalue weighted by atomic mass is 10.2. The van der Waals surface area contributed by atoms with Crippen molar-refractivity contribution in [3.8, 4) is 0 Å². The second-order valence-electron chi connectivity index (χ2n) is 4.66. The summed E-state index contributed by atoms with van der Waals surface area (Å²) in [6.07, 6.45) is 5.41. The third-order valence-electron chi connectivity index (χ3n) is 3.03. The second kappa shape index (κ2) is 4.28. The summed E-state index contributed by atoms with van der Waals surface area (Å²) in [5.74, 6) is 0. The molecule has 19 heavy (non-hydrogen) atoms. The predicted molar refractivity (Wildman–Crippen MR) is 75.1 cm³/mol. The molecule has 0 saturated carbocycles. The van der Waals surface area contributed by atoms with Crippen LogP contribution in [-0.4, -0.2) is 19.9 Å². The van der Waals surface area contributed by atoms with E-state index >= 15 is 0 Å². The summed E-state index contributed by atoms with van der Waals surface area (Å²) in [5.41, 5.74) is 3.44. The fourth-order valence-electron chi connectivity index (χ4n) is 2.01. The molecule has 0 saturated heterocycles. The highest BCUT2D eigenvalue weighted by atomic mass is 16.1. The smallest absolute Gasteiger partial charge is 0.273 e. The van der Waals surface area contributed by atoms with Gasteiger partial charge in [-0.2, -0.15) is 0 Å². The molecule has 3 N–H and O–H groups in total. The monoisotopic (exact) mass is 254 g/mol. The zero-order valence-corrected chi connectivity index (χ0v) is 10.7. The predicted octanol–water partition coefficient (Wildman–Crippen LogP) is 0.599. The van der Waals surface area contributed by atoms with Crippen molar-refractivity contribution >= 4 is 22.7 Å². The molecule has 5 nitrogen and oxygen atoms in total. The van der Waals surface area contributed by atoms with Crippen molar-refractivity contribution < 1.29 is 0 Å². The van der Waals surface area contributed by atoms with E-state index in [1.807, 2.05) is 38.3 Å². The van der Waals surface area contributed by atoms with Gasteiger partial charge in [-0.25, -0.2) is 4.98 Å². The largest absolute Gasteiger partial charge is 0.346 e. The first kappa shape index (κ1) is 11.5. The van der Waals surface area contributed by atoms with Crippen LogP contribution in [0.1, 0.15) is 19.4 Å². The van der Waals surface area contributed by atoms with Gasteiger partial charge in [-0.05, 0) is 37.6 Å². The van der Waals surface area contributed by atoms with Crippen LogP contribution in [0.4, 0.5) is 0 Å². The molecule has 0 fully saturated rings. The Bertz CT molecular complexity index is 907. The summed E-state index contributed by atoms with van der Waals surface area (Å²) < 4.78 is 0. The van der Waals surface area contributed by atoms with Crippen molar-refractivity contribution in [2.45, 2.75) is 13.8 Å². The quantitative estimate of drug-likeness (QED) is 0.594. The molecule has 3 rings (SSSR count). The van der Waals surface area contributed by atoms with Crippen LogP contribution >= 0.6 is 0 Å². The fourth-order valence-corrected chi connectivity index (χ4v) is 2.01. The molecule has 96 valence electrons. The van der Waals surface area contributed by atoms with Gasteiger partial charge in [-0.3, -0.25) is 4.79 Å². The van der Waals surface area contributed by atoms with E-state index in [0.717, 1.165) is 27.6 Å². The molecular weight excluding hydrogens is 240 g/mol. The van der Waals surface area contributed by atoms with Gasteiger partial charge in [-0.15, -0.1) is 0 Å². The maximum absolute atomic E-state index is 11.8. The first-order chi connectivity index (χ1) is 9.15. The lowest BCUT2D eigenvalue weighted by Crippen LogP contribution is -2.22. The molecule has 0 aliphatic carbocycles. The van der Waals surface area contributed by atoms with Gasteiger partial charge >= 0.3 is 0 Å². The van der Waals surface area contributed by atoms with E-state index in [9.17, 15) is 4.79 Å². The fraction of sp³-hybridized carbons (Fsp3) is 0.143. The molecule has 0 unspecified atom stereocenters. The topological polar surface area (TPSA) is 77.3 Å². The first-order valence-corrected chi connectivity index (χ1v) is 6.05. The first-order valence-electron chi connectivity index (χ1n) is 6.05. The minimum absolute atomic E-state index is 0.116. The van der Waals surface area contributed by atoms with E-state index in [4.69, 9.17) is 0 Å². The van der Waals surface area contributed by atoms with Crippen LogP contribution in [-0.2, 0) is 0 Å². The number of fused-ring (bicyclic) bond motifs is 1. The molecule has 3 aromatic heterocycles. The van der Waals surface area contributed by atoms with E-state index in [1.54, 1.807) is 6.20 Å². The lowest BCUT2D eigenvalue weighted by Gasteiger charge is -1.88. The number of aromatic nitrogens is 4. The van der Waals surface area contributed by atoms with Gasteiger partial charge < -0.3 is 15.0 Å². The average Bonchev–Trinajstić information content (AvgIpc) is 2.96. The average molecular weight is 254 g/mol. The van der Waals surface area contributed by atoms with Gasteiger partial charge in [0.25, 0.3) is 5.56 Å². The van der Waals surface area contributed by atoms with Gasteiger partial charge in [0.05, 0.1) is 0 Å². The summed E-state index contributed by atoms with van der Waals surface area (Å²) in [7, 11) is 0. The molecule has 5 heteroatoms. The number of pyridine rings is 1. The van der Waals surface area contributed by atoms with E-state index in [-0.39, 0.29) is 5.56 Å². The van der Waals surface area contributed by atoms with Crippen LogP contribution in [0, 0.1) is 0 Å². The molecule has 3 heterocycles. The third kappa shape index (κ3) is 1.99. The molecule has 0 aliphatic heterocycles. The molecule has 0 bridgehead atoms. The Hall–Kier alpha value is -2.56. The van der Waals surface area contributed by atoms with Gasteiger partial charge in [0.2, 0.25) is 0 Å². The number of nitrogens with zero attached hydrogens (tertiary/aromatic N) is 1. The number of hydrogen-bond donors (Lipinski definition) is 3. The van der Waals surface area contributed by atoms with E-state index in [0.29, 0.717) is 5.35 Å². The van der Waals surface area contributed by atoms with Crippen molar-refractivity contribution in [1.29, 1.82) is 0 Å². The number of imidazole rings is 1. The van der Waals surface area contributed by atoms with Crippen LogP contribution in [0.3, 0.4) is 0 Å². The van der Waals surface area contributed by atoms with Crippen LogP contribution in [0.15, 0.2) is 29.3 Å². The SMILES string of the molecule is CC(C)=c1[nH]c(=O)/c(=C/c2c[nH]c3ncccc23)[nH]1. The minimum atomic E-state index is -0.116. The number of aromatic amines is 3. The highest BCUT2D eigenvalue weighted by molar-refractivity contribution is 5.85. The molecule has 0 amide bonds. The summed E-state index contributed by atoms with van der Waals surface area (Å²) in [6, 6.07) is 3.85. The molecule has 0 atom stereocenters. The van der Waals surface area contributed by atoms with Crippen molar-refractivity contribution in [2.24, 2.45) is 0 Å². The number of rotatable bonds is 1. The molecule has 0 radical (unpaired) electrons. The van der Waals surface area contributed by atoms with Crippen molar-refractivity contribution in [3.05, 3.63) is 51.3 Å². The molecule has 0 aromatic carbocycles. The highest BCUT2D eigenvalue weighted by Crippen LogP contribution is 2.15. The third-order valence-corrected chi connectivity index (χ3v) is 3.03. The maximum Gasteiger partial charge on any atom is 0.273 e. The van der Waals surface area contributed by atoms with Crippen molar-refractivity contribution in [1.82, 2.24) is 19.9 Å². The molecule has 0 aliphatic rings. The Kier molecular flexibility index (Phi) is 2.59. The summed E-state index contributed by atoms with van der Waals surface area (Å²) in [6.45, 7) is 3.89. The van der Waals surface area contributed by atoms with Crippen LogP contribution in [0.25, 0.3) is 22.7 Å². The normalized spacial score (nSPS) is 12.2. The minimum Gasteiger partial charge on any atom is -0.346 e. The Morgan fingerprint density at radius 1 is 1.32 bits per heavy atom. The van der Waals surface area contributed by atoms with Crippen LogP contribution < -0.4 is 16.4 Å². The Labute approximate surface area is 108 Å². The van der Waals surface area contributed by atoms with E-state index < -0.39 is 0 Å². The number of hydrogen-bond acceptors (Lipinski definition) is 2. The van der Waals surface area contributed by atoms with Gasteiger partial charge in [0.1, 0.15) is 16.5 Å². The Balaban J connectivity index is 2.27. The van der Waals surface area contributed by atoms with Crippen molar-refractivity contribution in [3.63, 3.8) is 0 Å². The molecular formula is C14H14N4O. The van der Waals surface area contributed by atoms with Gasteiger partial charge in [-0.1, -0.05) is 0 Å². The number of nitrogens with one attached hydrogen (secondary N) is 3. The molecule has 0 spiro atoms. The summed E-state index contributed by atoms with van der Waals surface area (Å²) >= 11 is 0. The lowest BCUT2D eigenvalue weighted by molar-refractivity contribution is 1.15. The van der Waals surface area contributed by atoms with Gasteiger partial charge in [0, 0.05) is 23.3 Å². The van der Waals surface area contributed by atoms with E-state index in [1.165, 1.54) is 0 Å². The van der Waals surface area contributed by atoms with Crippen LogP contribution in [0.5, 0.6) is 0 Å². The highest BCUT2D eigenvalue weighted by Gasteiger charge is 2.02. The second-order valence-corrected chi connectivity index (χ2v) is 4.66. The Morgan fingerprint density at radius 3 is 2.89 bits per heavy atom. The summed E-state index contributed by atoms with van der Waals surface area (Å²) in [4.78, 5) is 25.0. The Morgan fingerprint density at radius 2 is 2.16 bits per heavy atom.